The summed E-state index contributed by atoms with van der Waals surface area (Å²) in [5.74, 6) is 0.166. The number of nitrogens with one attached hydrogen (secondary N) is 2. The minimum Gasteiger partial charge on any atom is -0.324 e. The first-order valence-corrected chi connectivity index (χ1v) is 6.57. The van der Waals surface area contributed by atoms with Gasteiger partial charge in [-0.25, -0.2) is 9.78 Å². The smallest absolute Gasteiger partial charge is 0.324 e. The zero-order valence-electron chi connectivity index (χ0n) is 12.2. The topological polar surface area (TPSA) is 106 Å². The number of anilines is 2. The van der Waals surface area contributed by atoms with E-state index in [0.717, 1.165) is 17.0 Å². The Bertz CT molecular complexity index is 656. The second-order valence-corrected chi connectivity index (χ2v) is 4.80. The Morgan fingerprint density at radius 1 is 1.19 bits per heavy atom. The maximum absolute atomic E-state index is 11.9. The van der Waals surface area contributed by atoms with Gasteiger partial charge in [0.1, 0.15) is 0 Å². The van der Waals surface area contributed by atoms with E-state index in [1.807, 2.05) is 25.1 Å². The molecular formula is C14H18N6O. The highest BCUT2D eigenvalue weighted by Gasteiger charge is 2.08. The Labute approximate surface area is 123 Å². The van der Waals surface area contributed by atoms with E-state index in [1.165, 1.54) is 0 Å². The molecule has 0 aliphatic carbocycles. The molecular weight excluding hydrogens is 268 g/mol. The molecule has 0 aliphatic rings. The third-order valence-corrected chi connectivity index (χ3v) is 2.99. The fourth-order valence-corrected chi connectivity index (χ4v) is 1.67. The first kappa shape index (κ1) is 14.9. The van der Waals surface area contributed by atoms with Crippen LogP contribution in [-0.2, 0) is 0 Å². The molecule has 1 atom stereocenters. The van der Waals surface area contributed by atoms with Gasteiger partial charge in [0.05, 0.1) is 11.4 Å². The quantitative estimate of drug-likeness (QED) is 0.801. The summed E-state index contributed by atoms with van der Waals surface area (Å²) in [4.78, 5) is 16.0. The van der Waals surface area contributed by atoms with Crippen molar-refractivity contribution in [1.82, 2.24) is 15.2 Å². The van der Waals surface area contributed by atoms with Crippen molar-refractivity contribution < 1.29 is 4.79 Å². The minimum atomic E-state index is -0.429. The summed E-state index contributed by atoms with van der Waals surface area (Å²) in [6.07, 6.45) is 0. The SMILES string of the molecule is Cc1nnc(NC(=O)Nc2cccc(C(C)N)c2)nc1C. The van der Waals surface area contributed by atoms with Gasteiger partial charge in [0.2, 0.25) is 0 Å². The van der Waals surface area contributed by atoms with Gasteiger partial charge < -0.3 is 11.1 Å². The number of rotatable bonds is 3. The Hall–Kier alpha value is -2.54. The van der Waals surface area contributed by atoms with Crippen LogP contribution in [0.2, 0.25) is 0 Å². The van der Waals surface area contributed by atoms with Crippen LogP contribution in [0, 0.1) is 13.8 Å². The van der Waals surface area contributed by atoms with E-state index in [0.29, 0.717) is 5.69 Å². The second-order valence-electron chi connectivity index (χ2n) is 4.80. The standard InChI is InChI=1S/C14H18N6O/c1-8(15)11-5-4-6-12(7-11)17-14(21)18-13-16-9(2)10(3)19-20-13/h4-8H,15H2,1-3H3,(H2,16,17,18,20,21). The van der Waals surface area contributed by atoms with Crippen LogP contribution < -0.4 is 16.4 Å². The lowest BCUT2D eigenvalue weighted by molar-refractivity contribution is 0.262. The summed E-state index contributed by atoms with van der Waals surface area (Å²) in [5.41, 5.74) is 8.85. The van der Waals surface area contributed by atoms with Gasteiger partial charge in [-0.15, -0.1) is 5.10 Å². The molecule has 0 fully saturated rings. The van der Waals surface area contributed by atoms with Crippen molar-refractivity contribution >= 4 is 17.7 Å². The lowest BCUT2D eigenvalue weighted by Crippen LogP contribution is -2.21. The molecule has 1 unspecified atom stereocenters. The number of amides is 2. The van der Waals surface area contributed by atoms with Crippen LogP contribution >= 0.6 is 0 Å². The molecule has 1 heterocycles. The molecule has 110 valence electrons. The largest absolute Gasteiger partial charge is 0.326 e. The van der Waals surface area contributed by atoms with Crippen LogP contribution in [-0.4, -0.2) is 21.2 Å². The first-order valence-electron chi connectivity index (χ1n) is 6.57. The number of urea groups is 1. The van der Waals surface area contributed by atoms with Gasteiger partial charge in [-0.05, 0) is 38.5 Å². The molecule has 0 saturated carbocycles. The highest BCUT2D eigenvalue weighted by atomic mass is 16.2. The number of hydrogen-bond donors (Lipinski definition) is 3. The third-order valence-electron chi connectivity index (χ3n) is 2.99. The van der Waals surface area contributed by atoms with Crippen molar-refractivity contribution in [2.24, 2.45) is 5.73 Å². The van der Waals surface area contributed by atoms with Crippen LogP contribution in [0.15, 0.2) is 24.3 Å². The summed E-state index contributed by atoms with van der Waals surface area (Å²) in [6, 6.07) is 6.82. The molecule has 2 rings (SSSR count). The van der Waals surface area contributed by atoms with Crippen LogP contribution in [0.4, 0.5) is 16.4 Å². The Balaban J connectivity index is 2.04. The molecule has 2 amide bonds. The zero-order chi connectivity index (χ0) is 15.4. The van der Waals surface area contributed by atoms with Crippen molar-refractivity contribution in [2.45, 2.75) is 26.8 Å². The average molecular weight is 286 g/mol. The van der Waals surface area contributed by atoms with Crippen molar-refractivity contribution in [2.75, 3.05) is 10.6 Å². The molecule has 0 radical (unpaired) electrons. The van der Waals surface area contributed by atoms with Crippen molar-refractivity contribution in [3.8, 4) is 0 Å². The highest BCUT2D eigenvalue weighted by molar-refractivity contribution is 5.98. The van der Waals surface area contributed by atoms with E-state index in [2.05, 4.69) is 25.8 Å². The summed E-state index contributed by atoms with van der Waals surface area (Å²) >= 11 is 0. The first-order chi connectivity index (χ1) is 9.95. The number of aryl methyl sites for hydroxylation is 2. The number of hydrogen-bond acceptors (Lipinski definition) is 5. The molecule has 21 heavy (non-hydrogen) atoms. The number of nitrogens with zero attached hydrogens (tertiary/aromatic N) is 3. The fourth-order valence-electron chi connectivity index (χ4n) is 1.67. The number of aromatic nitrogens is 3. The lowest BCUT2D eigenvalue weighted by atomic mass is 10.1. The number of nitrogens with two attached hydrogens (primary N) is 1. The molecule has 7 nitrogen and oxygen atoms in total. The van der Waals surface area contributed by atoms with Crippen molar-refractivity contribution in [3.05, 3.63) is 41.2 Å². The highest BCUT2D eigenvalue weighted by Crippen LogP contribution is 2.15. The molecule has 0 saturated heterocycles. The number of carbonyl (C=O) groups is 1. The second kappa shape index (κ2) is 6.27. The fraction of sp³-hybridized carbons (Fsp3) is 0.286. The summed E-state index contributed by atoms with van der Waals surface area (Å²) in [7, 11) is 0. The van der Waals surface area contributed by atoms with E-state index < -0.39 is 6.03 Å². The molecule has 7 heteroatoms. The van der Waals surface area contributed by atoms with Gasteiger partial charge in [-0.3, -0.25) is 5.32 Å². The maximum atomic E-state index is 11.9. The predicted octanol–water partition coefficient (Wildman–Crippen LogP) is 2.15. The monoisotopic (exact) mass is 286 g/mol. The summed E-state index contributed by atoms with van der Waals surface area (Å²) < 4.78 is 0. The molecule has 2 aromatic rings. The van der Waals surface area contributed by atoms with Gasteiger partial charge >= 0.3 is 6.03 Å². The van der Waals surface area contributed by atoms with Crippen molar-refractivity contribution in [1.29, 1.82) is 0 Å². The van der Waals surface area contributed by atoms with Crippen molar-refractivity contribution in [3.63, 3.8) is 0 Å². The Morgan fingerprint density at radius 2 is 1.95 bits per heavy atom. The minimum absolute atomic E-state index is 0.0953. The van der Waals surface area contributed by atoms with E-state index in [1.54, 1.807) is 19.9 Å². The normalized spacial score (nSPS) is 11.8. The number of benzene rings is 1. The van der Waals surface area contributed by atoms with E-state index >= 15 is 0 Å². The molecule has 0 aliphatic heterocycles. The maximum Gasteiger partial charge on any atom is 0.326 e. The Morgan fingerprint density at radius 3 is 2.62 bits per heavy atom. The predicted molar refractivity (Wildman–Crippen MR) is 81.0 cm³/mol. The van der Waals surface area contributed by atoms with Gasteiger partial charge in [-0.1, -0.05) is 12.1 Å². The van der Waals surface area contributed by atoms with Gasteiger partial charge in [0.15, 0.2) is 0 Å². The average Bonchev–Trinajstić information content (AvgIpc) is 2.43. The Kier molecular flexibility index (Phi) is 4.44. The number of carbonyl (C=O) groups excluding carboxylic acids is 1. The van der Waals surface area contributed by atoms with Crippen LogP contribution in [0.5, 0.6) is 0 Å². The molecule has 1 aromatic heterocycles. The lowest BCUT2D eigenvalue weighted by Gasteiger charge is -2.10. The van der Waals surface area contributed by atoms with Crippen LogP contribution in [0.25, 0.3) is 0 Å². The van der Waals surface area contributed by atoms with Gasteiger partial charge in [-0.2, -0.15) is 5.10 Å². The molecule has 4 N–H and O–H groups in total. The van der Waals surface area contributed by atoms with E-state index in [4.69, 9.17) is 5.73 Å². The summed E-state index contributed by atoms with van der Waals surface area (Å²) in [5, 5.41) is 13.0. The van der Waals surface area contributed by atoms with E-state index in [-0.39, 0.29) is 12.0 Å². The third kappa shape index (κ3) is 3.96. The molecule has 0 bridgehead atoms. The van der Waals surface area contributed by atoms with Gasteiger partial charge in [0, 0.05) is 11.7 Å². The van der Waals surface area contributed by atoms with Crippen LogP contribution in [0.1, 0.15) is 29.9 Å². The van der Waals surface area contributed by atoms with Crippen LogP contribution in [0.3, 0.4) is 0 Å². The zero-order valence-corrected chi connectivity index (χ0v) is 12.2. The van der Waals surface area contributed by atoms with Gasteiger partial charge in [0.25, 0.3) is 5.95 Å². The summed E-state index contributed by atoms with van der Waals surface area (Å²) in [6.45, 7) is 5.49. The molecule has 0 spiro atoms. The van der Waals surface area contributed by atoms with E-state index in [9.17, 15) is 4.79 Å². The molecule has 1 aromatic carbocycles.